The van der Waals surface area contributed by atoms with Gasteiger partial charge in [0.15, 0.2) is 0 Å². The number of ether oxygens (including phenoxy) is 1. The minimum Gasteiger partial charge on any atom is -0.480 e. The number of nitrogens with zero attached hydrogens (tertiary/aromatic N) is 3. The van der Waals surface area contributed by atoms with Crippen molar-refractivity contribution in [1.82, 2.24) is 15.3 Å². The van der Waals surface area contributed by atoms with E-state index >= 15 is 0 Å². The molecule has 2 atom stereocenters. The summed E-state index contributed by atoms with van der Waals surface area (Å²) in [5.41, 5.74) is 6.17. The highest BCUT2D eigenvalue weighted by atomic mass is 16.5. The second-order valence-corrected chi connectivity index (χ2v) is 11.7. The van der Waals surface area contributed by atoms with Crippen molar-refractivity contribution < 1.29 is 14.6 Å². The zero-order valence-corrected chi connectivity index (χ0v) is 19.6. The first kappa shape index (κ1) is 21.4. The Labute approximate surface area is 195 Å². The van der Waals surface area contributed by atoms with Crippen LogP contribution in [0.4, 0.5) is 11.8 Å². The van der Waals surface area contributed by atoms with Crippen molar-refractivity contribution >= 4 is 17.7 Å². The highest BCUT2D eigenvalue weighted by Crippen LogP contribution is 2.57. The molecule has 1 aromatic rings. The van der Waals surface area contributed by atoms with Crippen LogP contribution in [0, 0.1) is 35.0 Å². The number of nitrogens with two attached hydrogens (primary N) is 1. The summed E-state index contributed by atoms with van der Waals surface area (Å²) in [6.07, 6.45) is 9.76. The second-order valence-electron chi connectivity index (χ2n) is 11.7. The molecule has 7 rings (SSSR count). The molecule has 4 bridgehead atoms. The molecular weight excluding hydrogens is 418 g/mol. The number of nitrogen functional groups attached to an aromatic ring is 1. The zero-order valence-electron chi connectivity index (χ0n) is 19.6. The molecule has 8 nitrogen and oxygen atoms in total. The van der Waals surface area contributed by atoms with Gasteiger partial charge in [-0.15, -0.1) is 0 Å². The van der Waals surface area contributed by atoms with E-state index in [1.807, 2.05) is 6.07 Å². The number of aliphatic carboxylic acids is 1. The number of piperidine rings is 1. The van der Waals surface area contributed by atoms with Crippen LogP contribution in [0.5, 0.6) is 5.88 Å². The Balaban J connectivity index is 1.12. The van der Waals surface area contributed by atoms with Gasteiger partial charge in [0.05, 0.1) is 0 Å². The summed E-state index contributed by atoms with van der Waals surface area (Å²) in [7, 11) is 0. The van der Waals surface area contributed by atoms with Gasteiger partial charge in [0.2, 0.25) is 11.8 Å². The van der Waals surface area contributed by atoms with Crippen LogP contribution in [-0.2, 0) is 4.79 Å². The fourth-order valence-electron chi connectivity index (χ4n) is 8.34. The summed E-state index contributed by atoms with van der Waals surface area (Å²) in [5.74, 6) is 5.09. The van der Waals surface area contributed by atoms with E-state index in [2.05, 4.69) is 27.1 Å². The molecule has 2 aliphatic heterocycles. The lowest BCUT2D eigenvalue weighted by atomic mass is 9.51. The highest BCUT2D eigenvalue weighted by Gasteiger charge is 2.50. The van der Waals surface area contributed by atoms with Crippen molar-refractivity contribution in [3.63, 3.8) is 0 Å². The number of rotatable bonds is 5. The minimum atomic E-state index is -0.743. The first-order valence-electron chi connectivity index (χ1n) is 12.9. The summed E-state index contributed by atoms with van der Waals surface area (Å²) in [5, 5.41) is 12.5. The molecule has 4 saturated carbocycles. The quantitative estimate of drug-likeness (QED) is 0.621. The largest absolute Gasteiger partial charge is 0.480 e. The maximum Gasteiger partial charge on any atom is 0.320 e. The molecule has 33 heavy (non-hydrogen) atoms. The van der Waals surface area contributed by atoms with E-state index in [4.69, 9.17) is 10.5 Å². The lowest BCUT2D eigenvalue weighted by molar-refractivity contribution is -0.139. The smallest absolute Gasteiger partial charge is 0.320 e. The Bertz CT molecular complexity index is 887. The molecule has 8 heteroatoms. The molecule has 4 aliphatic carbocycles. The van der Waals surface area contributed by atoms with E-state index in [0.29, 0.717) is 18.2 Å². The number of nitrogens with one attached hydrogen (secondary N) is 1. The third kappa shape index (κ3) is 3.94. The molecular formula is C25H37N5O3. The number of aromatic nitrogens is 2. The van der Waals surface area contributed by atoms with Crippen LogP contribution < -0.4 is 20.7 Å². The predicted octanol–water partition coefficient (Wildman–Crippen LogP) is 2.93. The normalized spacial score (nSPS) is 37.4. The number of hydrogen-bond donors (Lipinski definition) is 3. The summed E-state index contributed by atoms with van der Waals surface area (Å²) in [6.45, 7) is 4.69. The molecule has 1 unspecified atom stereocenters. The van der Waals surface area contributed by atoms with Crippen LogP contribution in [0.15, 0.2) is 6.07 Å². The topological polar surface area (TPSA) is 114 Å². The fourth-order valence-corrected chi connectivity index (χ4v) is 8.34. The number of carbonyl (C=O) groups is 1. The van der Waals surface area contributed by atoms with Crippen molar-refractivity contribution in [3.05, 3.63) is 6.07 Å². The molecule has 2 saturated heterocycles. The van der Waals surface area contributed by atoms with Crippen molar-refractivity contribution in [2.75, 3.05) is 30.3 Å². The van der Waals surface area contributed by atoms with Gasteiger partial charge < -0.3 is 25.8 Å². The summed E-state index contributed by atoms with van der Waals surface area (Å²) in [4.78, 5) is 22.5. The molecule has 3 heterocycles. The van der Waals surface area contributed by atoms with Gasteiger partial charge in [-0.1, -0.05) is 0 Å². The third-order valence-corrected chi connectivity index (χ3v) is 9.66. The van der Waals surface area contributed by atoms with E-state index in [-0.39, 0.29) is 17.5 Å². The lowest BCUT2D eigenvalue weighted by Crippen LogP contribution is -2.50. The SMILES string of the molecule is C[C@H](Oc1cc(N2CCC3(CC2)CNC(C(=O)O)C3)nc(N)n1)C1C2CC3CC(C2)CC1C3. The highest BCUT2D eigenvalue weighted by molar-refractivity contribution is 5.74. The zero-order chi connectivity index (χ0) is 22.7. The van der Waals surface area contributed by atoms with E-state index < -0.39 is 12.0 Å². The maximum atomic E-state index is 11.4. The summed E-state index contributed by atoms with van der Waals surface area (Å²) < 4.78 is 6.45. The van der Waals surface area contributed by atoms with Crippen molar-refractivity contribution in [2.24, 2.45) is 35.0 Å². The van der Waals surface area contributed by atoms with Crippen molar-refractivity contribution in [3.8, 4) is 5.88 Å². The molecule has 1 spiro atoms. The molecule has 0 radical (unpaired) electrons. The van der Waals surface area contributed by atoms with Crippen molar-refractivity contribution in [2.45, 2.75) is 70.4 Å². The fraction of sp³-hybridized carbons (Fsp3) is 0.800. The van der Waals surface area contributed by atoms with E-state index in [9.17, 15) is 9.90 Å². The van der Waals surface area contributed by atoms with Crippen LogP contribution in [0.1, 0.15) is 58.3 Å². The lowest BCUT2D eigenvalue weighted by Gasteiger charge is -2.55. The van der Waals surface area contributed by atoms with Gasteiger partial charge in [0.1, 0.15) is 18.0 Å². The van der Waals surface area contributed by atoms with E-state index in [1.54, 1.807) is 0 Å². The monoisotopic (exact) mass is 455 g/mol. The Hall–Kier alpha value is -2.09. The average Bonchev–Trinajstić information content (AvgIpc) is 3.17. The van der Waals surface area contributed by atoms with Gasteiger partial charge in [0.25, 0.3) is 0 Å². The van der Waals surface area contributed by atoms with Crippen LogP contribution in [0.3, 0.4) is 0 Å². The van der Waals surface area contributed by atoms with Crippen LogP contribution in [0.25, 0.3) is 0 Å². The van der Waals surface area contributed by atoms with E-state index in [0.717, 1.165) is 62.0 Å². The van der Waals surface area contributed by atoms with Gasteiger partial charge in [-0.05, 0) is 87.4 Å². The second kappa shape index (κ2) is 8.00. The first-order chi connectivity index (χ1) is 15.9. The van der Waals surface area contributed by atoms with Gasteiger partial charge in [-0.25, -0.2) is 0 Å². The van der Waals surface area contributed by atoms with Crippen LogP contribution >= 0.6 is 0 Å². The number of carboxylic acids is 1. The van der Waals surface area contributed by atoms with Gasteiger partial charge >= 0.3 is 5.97 Å². The standard InChI is InChI=1S/C25H37N5O3/c1-14(22-17-7-15-6-16(9-17)10-18(22)8-15)33-21-11-20(28-24(26)29-21)30-4-2-25(3-5-30)12-19(23(31)32)27-13-25/h11,14-19,22,27H,2-10,12-13H2,1H3,(H,31,32)(H2,26,28,29)/t14-,15?,16?,17?,18?,19?,22?/m0/s1. The Morgan fingerprint density at radius 1 is 1.18 bits per heavy atom. The molecule has 6 aliphatic rings. The number of anilines is 2. The van der Waals surface area contributed by atoms with Crippen LogP contribution in [-0.4, -0.2) is 52.8 Å². The first-order valence-corrected chi connectivity index (χ1v) is 12.9. The molecule has 180 valence electrons. The van der Waals surface area contributed by atoms with Crippen LogP contribution in [0.2, 0.25) is 0 Å². The van der Waals surface area contributed by atoms with E-state index in [1.165, 1.54) is 32.1 Å². The predicted molar refractivity (Wildman–Crippen MR) is 125 cm³/mol. The van der Waals surface area contributed by atoms with Gasteiger partial charge in [-0.2, -0.15) is 9.97 Å². The molecule has 4 N–H and O–H groups in total. The Morgan fingerprint density at radius 3 is 2.45 bits per heavy atom. The average molecular weight is 456 g/mol. The summed E-state index contributed by atoms with van der Waals surface area (Å²) in [6, 6.07) is 1.53. The van der Waals surface area contributed by atoms with Crippen molar-refractivity contribution in [1.29, 1.82) is 0 Å². The molecule has 0 amide bonds. The van der Waals surface area contributed by atoms with Gasteiger partial charge in [0, 0.05) is 31.6 Å². The Kier molecular flexibility index (Phi) is 5.20. The number of hydrogen-bond acceptors (Lipinski definition) is 7. The molecule has 6 fully saturated rings. The maximum absolute atomic E-state index is 11.4. The minimum absolute atomic E-state index is 0.0748. The number of carboxylic acid groups (broad SMARTS) is 1. The third-order valence-electron chi connectivity index (χ3n) is 9.66. The van der Waals surface area contributed by atoms with Gasteiger partial charge in [-0.3, -0.25) is 4.79 Å². The summed E-state index contributed by atoms with van der Waals surface area (Å²) >= 11 is 0. The molecule has 0 aromatic carbocycles. The molecule has 1 aromatic heterocycles. The Morgan fingerprint density at radius 2 is 1.85 bits per heavy atom.